The SMILES string of the molecule is CCCC/C=C(/C(=O)O)C(C)(CC(C)(C)C)C(C)C. The molecule has 0 spiro atoms. The number of hydrogen-bond acceptors (Lipinski definition) is 1. The molecular weight excluding hydrogens is 236 g/mol. The van der Waals surface area contributed by atoms with E-state index in [-0.39, 0.29) is 10.8 Å². The Labute approximate surface area is 119 Å². The average Bonchev–Trinajstić information content (AvgIpc) is 2.20. The highest BCUT2D eigenvalue weighted by molar-refractivity contribution is 5.88. The standard InChI is InChI=1S/C17H32O2/c1-8-9-10-11-14(15(18)19)17(7,13(2)3)12-16(4,5)6/h11,13H,8-10,12H2,1-7H3,(H,18,19)/b14-11-. The zero-order chi connectivity index (χ0) is 15.3. The minimum absolute atomic E-state index is 0.123. The average molecular weight is 268 g/mol. The highest BCUT2D eigenvalue weighted by atomic mass is 16.4. The molecule has 1 atom stereocenters. The largest absolute Gasteiger partial charge is 0.478 e. The Morgan fingerprint density at radius 3 is 2.05 bits per heavy atom. The molecule has 0 bridgehead atoms. The zero-order valence-corrected chi connectivity index (χ0v) is 13.8. The molecule has 0 saturated heterocycles. The van der Waals surface area contributed by atoms with Gasteiger partial charge in [-0.25, -0.2) is 4.79 Å². The van der Waals surface area contributed by atoms with Gasteiger partial charge >= 0.3 is 5.97 Å². The molecule has 0 radical (unpaired) electrons. The smallest absolute Gasteiger partial charge is 0.331 e. The van der Waals surface area contributed by atoms with Crippen LogP contribution < -0.4 is 0 Å². The third-order valence-electron chi connectivity index (χ3n) is 3.92. The van der Waals surface area contributed by atoms with Gasteiger partial charge in [0.05, 0.1) is 0 Å². The lowest BCUT2D eigenvalue weighted by Crippen LogP contribution is -2.34. The van der Waals surface area contributed by atoms with Gasteiger partial charge in [-0.2, -0.15) is 0 Å². The molecule has 1 N–H and O–H groups in total. The molecule has 1 unspecified atom stereocenters. The maximum Gasteiger partial charge on any atom is 0.331 e. The lowest BCUT2D eigenvalue weighted by Gasteiger charge is -2.40. The summed E-state index contributed by atoms with van der Waals surface area (Å²) in [4.78, 5) is 11.7. The van der Waals surface area contributed by atoms with E-state index in [2.05, 4.69) is 48.5 Å². The van der Waals surface area contributed by atoms with Gasteiger partial charge in [-0.15, -0.1) is 0 Å². The van der Waals surface area contributed by atoms with Crippen LogP contribution in [0.4, 0.5) is 0 Å². The Bertz CT molecular complexity index is 321. The van der Waals surface area contributed by atoms with Crippen LogP contribution in [0.2, 0.25) is 0 Å². The first-order valence-corrected chi connectivity index (χ1v) is 7.48. The fraction of sp³-hybridized carbons (Fsp3) is 0.824. The lowest BCUT2D eigenvalue weighted by molar-refractivity contribution is -0.134. The molecular formula is C17H32O2. The maximum absolute atomic E-state index is 11.7. The summed E-state index contributed by atoms with van der Waals surface area (Å²) in [6.07, 6.45) is 5.87. The van der Waals surface area contributed by atoms with Crippen molar-refractivity contribution in [3.05, 3.63) is 11.6 Å². The summed E-state index contributed by atoms with van der Waals surface area (Å²) in [5, 5.41) is 9.59. The Kier molecular flexibility index (Phi) is 6.82. The van der Waals surface area contributed by atoms with Crippen molar-refractivity contribution in [1.29, 1.82) is 0 Å². The van der Waals surface area contributed by atoms with Crippen molar-refractivity contribution in [1.82, 2.24) is 0 Å². The van der Waals surface area contributed by atoms with E-state index in [0.717, 1.165) is 25.7 Å². The van der Waals surface area contributed by atoms with Crippen LogP contribution in [0, 0.1) is 16.7 Å². The van der Waals surface area contributed by atoms with E-state index in [4.69, 9.17) is 0 Å². The van der Waals surface area contributed by atoms with Gasteiger partial charge in [0.1, 0.15) is 0 Å². The van der Waals surface area contributed by atoms with Crippen molar-refractivity contribution in [2.24, 2.45) is 16.7 Å². The van der Waals surface area contributed by atoms with E-state index in [0.29, 0.717) is 11.5 Å². The van der Waals surface area contributed by atoms with Crippen LogP contribution in [0.25, 0.3) is 0 Å². The van der Waals surface area contributed by atoms with Crippen molar-refractivity contribution in [2.75, 3.05) is 0 Å². The molecule has 0 aliphatic heterocycles. The van der Waals surface area contributed by atoms with Crippen LogP contribution in [0.5, 0.6) is 0 Å². The van der Waals surface area contributed by atoms with E-state index in [1.807, 2.05) is 6.08 Å². The lowest BCUT2D eigenvalue weighted by atomic mass is 9.64. The van der Waals surface area contributed by atoms with Crippen LogP contribution in [0.3, 0.4) is 0 Å². The van der Waals surface area contributed by atoms with Crippen molar-refractivity contribution in [2.45, 2.75) is 74.1 Å². The van der Waals surface area contributed by atoms with Crippen molar-refractivity contribution in [3.63, 3.8) is 0 Å². The molecule has 0 saturated carbocycles. The van der Waals surface area contributed by atoms with Gasteiger partial charge in [0, 0.05) is 11.0 Å². The first-order valence-electron chi connectivity index (χ1n) is 7.48. The van der Waals surface area contributed by atoms with Crippen LogP contribution in [-0.2, 0) is 4.79 Å². The van der Waals surface area contributed by atoms with E-state index in [1.54, 1.807) is 0 Å². The molecule has 0 aromatic heterocycles. The Balaban J connectivity index is 5.40. The molecule has 112 valence electrons. The quantitative estimate of drug-likeness (QED) is 0.503. The zero-order valence-electron chi connectivity index (χ0n) is 13.8. The second-order valence-electron chi connectivity index (χ2n) is 7.37. The maximum atomic E-state index is 11.7. The normalized spacial score (nSPS) is 16.5. The monoisotopic (exact) mass is 268 g/mol. The summed E-state index contributed by atoms with van der Waals surface area (Å²) in [5.74, 6) is -0.438. The van der Waals surface area contributed by atoms with Gasteiger partial charge < -0.3 is 5.11 Å². The van der Waals surface area contributed by atoms with E-state index in [1.165, 1.54) is 0 Å². The molecule has 0 aliphatic rings. The fourth-order valence-corrected chi connectivity index (χ4v) is 2.73. The first kappa shape index (κ1) is 18.2. The molecule has 0 fully saturated rings. The summed E-state index contributed by atoms with van der Waals surface area (Å²) in [6, 6.07) is 0. The van der Waals surface area contributed by atoms with Crippen LogP contribution in [0.1, 0.15) is 74.1 Å². The van der Waals surface area contributed by atoms with Crippen molar-refractivity contribution in [3.8, 4) is 0 Å². The van der Waals surface area contributed by atoms with Gasteiger partial charge in [0.25, 0.3) is 0 Å². The summed E-state index contributed by atoms with van der Waals surface area (Å²) in [7, 11) is 0. The Morgan fingerprint density at radius 1 is 1.21 bits per heavy atom. The van der Waals surface area contributed by atoms with Gasteiger partial charge in [-0.05, 0) is 24.2 Å². The topological polar surface area (TPSA) is 37.3 Å². The van der Waals surface area contributed by atoms with E-state index < -0.39 is 5.97 Å². The molecule has 0 aromatic carbocycles. The summed E-state index contributed by atoms with van der Waals surface area (Å²) < 4.78 is 0. The Morgan fingerprint density at radius 2 is 1.74 bits per heavy atom. The number of hydrogen-bond donors (Lipinski definition) is 1. The van der Waals surface area contributed by atoms with Crippen molar-refractivity contribution < 1.29 is 9.90 Å². The van der Waals surface area contributed by atoms with Gasteiger partial charge in [0.15, 0.2) is 0 Å². The van der Waals surface area contributed by atoms with Crippen LogP contribution in [-0.4, -0.2) is 11.1 Å². The molecule has 0 amide bonds. The molecule has 19 heavy (non-hydrogen) atoms. The van der Waals surface area contributed by atoms with Gasteiger partial charge in [-0.3, -0.25) is 0 Å². The second kappa shape index (κ2) is 7.12. The number of aliphatic carboxylic acids is 1. The molecule has 0 aromatic rings. The number of unbranched alkanes of at least 4 members (excludes halogenated alkanes) is 2. The molecule has 0 rings (SSSR count). The molecule has 0 heterocycles. The van der Waals surface area contributed by atoms with E-state index >= 15 is 0 Å². The number of rotatable bonds is 7. The fourth-order valence-electron chi connectivity index (χ4n) is 2.73. The highest BCUT2D eigenvalue weighted by Crippen LogP contribution is 2.45. The Hall–Kier alpha value is -0.790. The molecule has 0 aliphatic carbocycles. The summed E-state index contributed by atoms with van der Waals surface area (Å²) >= 11 is 0. The summed E-state index contributed by atoms with van der Waals surface area (Å²) in [5.41, 5.74) is 0.460. The highest BCUT2D eigenvalue weighted by Gasteiger charge is 2.39. The summed E-state index contributed by atoms with van der Waals surface area (Å²) in [6.45, 7) is 15.0. The minimum Gasteiger partial charge on any atom is -0.478 e. The van der Waals surface area contributed by atoms with Crippen LogP contribution in [0.15, 0.2) is 11.6 Å². The molecule has 2 nitrogen and oxygen atoms in total. The van der Waals surface area contributed by atoms with Crippen LogP contribution >= 0.6 is 0 Å². The third-order valence-corrected chi connectivity index (χ3v) is 3.92. The van der Waals surface area contributed by atoms with Crippen molar-refractivity contribution >= 4 is 5.97 Å². The van der Waals surface area contributed by atoms with Gasteiger partial charge in [-0.1, -0.05) is 67.4 Å². The number of carboxylic acids is 1. The second-order valence-corrected chi connectivity index (χ2v) is 7.37. The number of carboxylic acid groups (broad SMARTS) is 1. The third kappa shape index (κ3) is 5.80. The van der Waals surface area contributed by atoms with Gasteiger partial charge in [0.2, 0.25) is 0 Å². The number of carbonyl (C=O) groups is 1. The first-order chi connectivity index (χ1) is 8.54. The predicted molar refractivity (Wildman–Crippen MR) is 82.3 cm³/mol. The molecule has 2 heteroatoms. The predicted octanol–water partition coefficient (Wildman–Crippen LogP) is 5.29. The minimum atomic E-state index is -0.753. The van der Waals surface area contributed by atoms with E-state index in [9.17, 15) is 9.90 Å². The number of allylic oxidation sites excluding steroid dienone is 1.